The van der Waals surface area contributed by atoms with Gasteiger partial charge in [-0.1, -0.05) is 18.2 Å². The van der Waals surface area contributed by atoms with Crippen molar-refractivity contribution in [3.05, 3.63) is 35.4 Å². The first-order valence-electron chi connectivity index (χ1n) is 10.5. The lowest BCUT2D eigenvalue weighted by Gasteiger charge is -2.31. The number of alkyl halides is 3. The third-order valence-corrected chi connectivity index (χ3v) is 6.10. The van der Waals surface area contributed by atoms with Gasteiger partial charge in [-0.25, -0.2) is 0 Å². The van der Waals surface area contributed by atoms with Gasteiger partial charge in [-0.15, -0.1) is 0 Å². The number of imide groups is 1. The summed E-state index contributed by atoms with van der Waals surface area (Å²) in [6.45, 7) is 4.87. The molecule has 2 unspecified atom stereocenters. The minimum atomic E-state index is -4.60. The van der Waals surface area contributed by atoms with Gasteiger partial charge < -0.3 is 9.64 Å². The third kappa shape index (κ3) is 4.61. The van der Waals surface area contributed by atoms with Crippen LogP contribution in [-0.4, -0.2) is 59.9 Å². The molecule has 0 radical (unpaired) electrons. The molecule has 2 aliphatic heterocycles. The molecule has 2 aliphatic rings. The first-order chi connectivity index (χ1) is 14.6. The van der Waals surface area contributed by atoms with E-state index in [0.717, 1.165) is 29.9 Å². The van der Waals surface area contributed by atoms with Gasteiger partial charge in [0.2, 0.25) is 17.7 Å². The Balaban J connectivity index is 1.97. The molecule has 0 aliphatic carbocycles. The van der Waals surface area contributed by atoms with Crippen molar-refractivity contribution in [2.75, 3.05) is 26.2 Å². The second-order valence-electron chi connectivity index (χ2n) is 8.02. The van der Waals surface area contributed by atoms with Crippen molar-refractivity contribution in [1.82, 2.24) is 9.80 Å². The van der Waals surface area contributed by atoms with Crippen LogP contribution in [0.25, 0.3) is 0 Å². The highest BCUT2D eigenvalue weighted by atomic mass is 19.4. The Labute approximate surface area is 179 Å². The van der Waals surface area contributed by atoms with Crippen molar-refractivity contribution in [3.63, 3.8) is 0 Å². The maximum Gasteiger partial charge on any atom is 0.416 e. The molecular weight excluding hydrogens is 413 g/mol. The Morgan fingerprint density at radius 2 is 2.03 bits per heavy atom. The van der Waals surface area contributed by atoms with Crippen molar-refractivity contribution in [2.45, 2.75) is 57.2 Å². The van der Waals surface area contributed by atoms with E-state index in [0.29, 0.717) is 19.7 Å². The van der Waals surface area contributed by atoms with Crippen LogP contribution in [0.2, 0.25) is 0 Å². The van der Waals surface area contributed by atoms with Gasteiger partial charge in [0.15, 0.2) is 0 Å². The van der Waals surface area contributed by atoms with Crippen LogP contribution in [0.15, 0.2) is 24.3 Å². The largest absolute Gasteiger partial charge is 0.416 e. The van der Waals surface area contributed by atoms with E-state index in [2.05, 4.69) is 0 Å². The van der Waals surface area contributed by atoms with Gasteiger partial charge in [-0.3, -0.25) is 19.3 Å². The number of carbonyl (C=O) groups excluding carboxylic acids is 3. The van der Waals surface area contributed by atoms with Crippen LogP contribution in [0.4, 0.5) is 13.2 Å². The smallest absolute Gasteiger partial charge is 0.376 e. The summed E-state index contributed by atoms with van der Waals surface area (Å²) in [4.78, 5) is 41.5. The zero-order valence-electron chi connectivity index (χ0n) is 17.7. The van der Waals surface area contributed by atoms with E-state index in [4.69, 9.17) is 4.74 Å². The van der Waals surface area contributed by atoms with E-state index >= 15 is 0 Å². The van der Waals surface area contributed by atoms with Crippen molar-refractivity contribution in [2.24, 2.45) is 0 Å². The number of hydrogen-bond acceptors (Lipinski definition) is 4. The standard InChI is InChI=1S/C22H27F3N2O4/c1-3-26(14-17-9-6-10-31-17)18(28)12-21(13-19(29)27(4-2)20(21)30)15-7-5-8-16(11-15)22(23,24)25/h5,7-8,11,17H,3-4,6,9-10,12-14H2,1-2H3. The summed E-state index contributed by atoms with van der Waals surface area (Å²) in [7, 11) is 0. The average Bonchev–Trinajstić information content (AvgIpc) is 3.32. The number of hydrogen-bond donors (Lipinski definition) is 0. The molecule has 9 heteroatoms. The predicted molar refractivity (Wildman–Crippen MR) is 106 cm³/mol. The van der Waals surface area contributed by atoms with Crippen LogP contribution < -0.4 is 0 Å². The number of rotatable bonds is 7. The molecule has 2 saturated heterocycles. The molecule has 0 saturated carbocycles. The SMILES string of the molecule is CCN(CC1CCCO1)C(=O)CC1(c2cccc(C(F)(F)F)c2)CC(=O)N(CC)C1=O. The summed E-state index contributed by atoms with van der Waals surface area (Å²) in [5, 5.41) is 0. The van der Waals surface area contributed by atoms with Crippen molar-refractivity contribution >= 4 is 17.7 Å². The first-order valence-corrected chi connectivity index (χ1v) is 10.5. The number of nitrogens with zero attached hydrogens (tertiary/aromatic N) is 2. The Bertz CT molecular complexity index is 851. The second-order valence-corrected chi connectivity index (χ2v) is 8.02. The zero-order valence-corrected chi connectivity index (χ0v) is 17.7. The number of carbonyl (C=O) groups is 3. The number of amides is 3. The van der Waals surface area contributed by atoms with Crippen molar-refractivity contribution in [1.29, 1.82) is 0 Å². The van der Waals surface area contributed by atoms with Gasteiger partial charge >= 0.3 is 6.18 Å². The fraction of sp³-hybridized carbons (Fsp3) is 0.591. The minimum Gasteiger partial charge on any atom is -0.376 e. The minimum absolute atomic E-state index is 0.0399. The Morgan fingerprint density at radius 3 is 2.58 bits per heavy atom. The van der Waals surface area contributed by atoms with E-state index in [9.17, 15) is 27.6 Å². The molecule has 31 heavy (non-hydrogen) atoms. The fourth-order valence-electron chi connectivity index (χ4n) is 4.39. The molecule has 170 valence electrons. The topological polar surface area (TPSA) is 66.9 Å². The molecule has 6 nitrogen and oxygen atoms in total. The number of likely N-dealkylation sites (N-methyl/N-ethyl adjacent to an activating group) is 2. The highest BCUT2D eigenvalue weighted by Crippen LogP contribution is 2.42. The Kier molecular flexibility index (Phi) is 6.73. The van der Waals surface area contributed by atoms with Crippen LogP contribution in [0.3, 0.4) is 0 Å². The van der Waals surface area contributed by atoms with Crippen LogP contribution in [0.1, 0.15) is 50.7 Å². The Hall–Kier alpha value is -2.42. The predicted octanol–water partition coefficient (Wildman–Crippen LogP) is 3.14. The molecule has 3 rings (SSSR count). The molecule has 0 N–H and O–H groups in total. The van der Waals surface area contributed by atoms with Gasteiger partial charge in [-0.2, -0.15) is 13.2 Å². The molecule has 2 atom stereocenters. The highest BCUT2D eigenvalue weighted by Gasteiger charge is 2.54. The molecular formula is C22H27F3N2O4. The average molecular weight is 440 g/mol. The van der Waals surface area contributed by atoms with E-state index in [1.165, 1.54) is 12.1 Å². The van der Waals surface area contributed by atoms with E-state index in [-0.39, 0.29) is 37.0 Å². The molecule has 0 bridgehead atoms. The molecule has 0 aromatic heterocycles. The third-order valence-electron chi connectivity index (χ3n) is 6.10. The molecule has 2 heterocycles. The van der Waals surface area contributed by atoms with Crippen LogP contribution >= 0.6 is 0 Å². The number of ether oxygens (including phenoxy) is 1. The van der Waals surface area contributed by atoms with E-state index in [1.807, 2.05) is 0 Å². The van der Waals surface area contributed by atoms with Crippen LogP contribution in [0.5, 0.6) is 0 Å². The quantitative estimate of drug-likeness (QED) is 0.611. The van der Waals surface area contributed by atoms with E-state index in [1.54, 1.807) is 18.7 Å². The zero-order chi connectivity index (χ0) is 22.8. The van der Waals surface area contributed by atoms with Gasteiger partial charge in [0.1, 0.15) is 0 Å². The van der Waals surface area contributed by atoms with Crippen LogP contribution in [0, 0.1) is 0 Å². The maximum atomic E-state index is 13.3. The second kappa shape index (κ2) is 8.98. The lowest BCUT2D eigenvalue weighted by Crippen LogP contribution is -2.45. The summed E-state index contributed by atoms with van der Waals surface area (Å²) in [6, 6.07) is 4.39. The fourth-order valence-corrected chi connectivity index (χ4v) is 4.39. The van der Waals surface area contributed by atoms with E-state index < -0.39 is 29.0 Å². The monoisotopic (exact) mass is 440 g/mol. The summed E-state index contributed by atoms with van der Waals surface area (Å²) >= 11 is 0. The summed E-state index contributed by atoms with van der Waals surface area (Å²) in [6.07, 6.45) is -3.67. The van der Waals surface area contributed by atoms with Gasteiger partial charge in [0, 0.05) is 39.1 Å². The van der Waals surface area contributed by atoms with Gasteiger partial charge in [0.25, 0.3) is 0 Å². The normalized spacial score (nSPS) is 24.2. The lowest BCUT2D eigenvalue weighted by atomic mass is 9.75. The summed E-state index contributed by atoms with van der Waals surface area (Å²) < 4.78 is 45.5. The molecule has 3 amide bonds. The maximum absolute atomic E-state index is 13.3. The van der Waals surface area contributed by atoms with Crippen molar-refractivity contribution in [3.8, 4) is 0 Å². The summed E-state index contributed by atoms with van der Waals surface area (Å²) in [5.41, 5.74) is -2.52. The highest BCUT2D eigenvalue weighted by molar-refractivity contribution is 6.10. The number of benzene rings is 1. The molecule has 1 aromatic rings. The first kappa shape index (κ1) is 23.2. The van der Waals surface area contributed by atoms with Gasteiger partial charge in [0.05, 0.1) is 17.1 Å². The number of halogens is 3. The van der Waals surface area contributed by atoms with Crippen molar-refractivity contribution < 1.29 is 32.3 Å². The molecule has 2 fully saturated rings. The summed E-state index contributed by atoms with van der Waals surface area (Å²) in [5.74, 6) is -1.49. The Morgan fingerprint density at radius 1 is 1.29 bits per heavy atom. The van der Waals surface area contributed by atoms with Crippen LogP contribution in [-0.2, 0) is 30.7 Å². The molecule has 0 spiro atoms. The molecule has 1 aromatic carbocycles. The van der Waals surface area contributed by atoms with Gasteiger partial charge in [-0.05, 0) is 38.3 Å². The number of likely N-dealkylation sites (tertiary alicyclic amines) is 1. The lowest BCUT2D eigenvalue weighted by molar-refractivity contribution is -0.143.